The molecule has 1 fully saturated rings. The van der Waals surface area contributed by atoms with Gasteiger partial charge in [0.25, 0.3) is 11.8 Å². The van der Waals surface area contributed by atoms with E-state index in [1.165, 1.54) is 0 Å². The average Bonchev–Trinajstić information content (AvgIpc) is 3.18. The summed E-state index contributed by atoms with van der Waals surface area (Å²) in [4.78, 5) is 34.5. The molecule has 1 N–H and O–H groups in total. The van der Waals surface area contributed by atoms with Gasteiger partial charge < -0.3 is 19.7 Å². The Morgan fingerprint density at radius 3 is 2.53 bits per heavy atom. The van der Waals surface area contributed by atoms with E-state index < -0.39 is 0 Å². The monoisotopic (exact) mass is 433 g/mol. The van der Waals surface area contributed by atoms with Crippen molar-refractivity contribution in [1.29, 1.82) is 0 Å². The van der Waals surface area contributed by atoms with Gasteiger partial charge in [-0.25, -0.2) is 4.98 Å². The summed E-state index contributed by atoms with van der Waals surface area (Å²) < 4.78 is 1.95. The van der Waals surface area contributed by atoms with Crippen molar-refractivity contribution in [2.75, 3.05) is 32.7 Å². The standard InChI is InChI=1S/C22H31N5O2.ClH/c1-4-11-26(12-5-2)21(28)17-7-6-8-18(15-17)22(29)27-14-9-23-16-19(27)20-24-10-13-25(20)3;/h6-8,10,13,15,19,23H,4-5,9,11-12,14,16H2,1-3H3;1H. The number of rotatable bonds is 7. The van der Waals surface area contributed by atoms with Crippen LogP contribution in [0, 0.1) is 0 Å². The molecule has 0 radical (unpaired) electrons. The minimum absolute atomic E-state index is 0. The van der Waals surface area contributed by atoms with Gasteiger partial charge in [0.1, 0.15) is 11.9 Å². The highest BCUT2D eigenvalue weighted by Gasteiger charge is 2.31. The fourth-order valence-corrected chi connectivity index (χ4v) is 3.86. The fraction of sp³-hybridized carbons (Fsp3) is 0.500. The summed E-state index contributed by atoms with van der Waals surface area (Å²) in [5.41, 5.74) is 1.12. The van der Waals surface area contributed by atoms with E-state index in [1.54, 1.807) is 30.5 Å². The Labute approximate surface area is 184 Å². The number of imidazole rings is 1. The van der Waals surface area contributed by atoms with Gasteiger partial charge >= 0.3 is 0 Å². The molecule has 164 valence electrons. The van der Waals surface area contributed by atoms with Crippen LogP contribution in [0.15, 0.2) is 36.7 Å². The molecule has 1 aliphatic rings. The lowest BCUT2D eigenvalue weighted by Crippen LogP contribution is -2.49. The normalized spacial score (nSPS) is 16.1. The zero-order valence-electron chi connectivity index (χ0n) is 18.0. The van der Waals surface area contributed by atoms with E-state index in [4.69, 9.17) is 0 Å². The molecule has 0 spiro atoms. The number of carbonyl (C=O) groups excluding carboxylic acids is 2. The predicted octanol–water partition coefficient (Wildman–Crippen LogP) is 2.89. The van der Waals surface area contributed by atoms with Crippen LogP contribution in [0.3, 0.4) is 0 Å². The number of halogens is 1. The van der Waals surface area contributed by atoms with Gasteiger partial charge in [-0.3, -0.25) is 9.59 Å². The number of benzene rings is 1. The number of carbonyl (C=O) groups is 2. The molecule has 2 aromatic rings. The molecule has 8 heteroatoms. The second-order valence-electron chi connectivity index (χ2n) is 7.49. The van der Waals surface area contributed by atoms with E-state index in [2.05, 4.69) is 24.1 Å². The number of hydrogen-bond acceptors (Lipinski definition) is 4. The summed E-state index contributed by atoms with van der Waals surface area (Å²) >= 11 is 0. The zero-order chi connectivity index (χ0) is 20.8. The van der Waals surface area contributed by atoms with Crippen molar-refractivity contribution in [1.82, 2.24) is 24.7 Å². The lowest BCUT2D eigenvalue weighted by molar-refractivity contribution is 0.0621. The Kier molecular flexibility index (Phi) is 8.87. The Hall–Kier alpha value is -2.38. The number of nitrogens with one attached hydrogen (secondary N) is 1. The molecule has 2 heterocycles. The predicted molar refractivity (Wildman–Crippen MR) is 120 cm³/mol. The van der Waals surface area contributed by atoms with E-state index in [9.17, 15) is 9.59 Å². The molecule has 1 aliphatic heterocycles. The highest BCUT2D eigenvalue weighted by Crippen LogP contribution is 2.23. The van der Waals surface area contributed by atoms with Crippen molar-refractivity contribution in [2.45, 2.75) is 32.7 Å². The van der Waals surface area contributed by atoms with Crippen LogP contribution in [0.5, 0.6) is 0 Å². The molecule has 1 saturated heterocycles. The molecule has 1 atom stereocenters. The highest BCUT2D eigenvalue weighted by atomic mass is 35.5. The summed E-state index contributed by atoms with van der Waals surface area (Å²) in [7, 11) is 1.94. The minimum Gasteiger partial charge on any atom is -0.339 e. The molecule has 0 bridgehead atoms. The number of aromatic nitrogens is 2. The number of aryl methyl sites for hydroxylation is 1. The summed E-state index contributed by atoms with van der Waals surface area (Å²) in [6, 6.07) is 6.99. The van der Waals surface area contributed by atoms with E-state index in [1.807, 2.05) is 27.6 Å². The minimum atomic E-state index is -0.132. The van der Waals surface area contributed by atoms with Crippen LogP contribution in [0.1, 0.15) is 59.3 Å². The van der Waals surface area contributed by atoms with Crippen LogP contribution < -0.4 is 5.32 Å². The van der Waals surface area contributed by atoms with Crippen molar-refractivity contribution >= 4 is 24.2 Å². The molecule has 1 aromatic carbocycles. The van der Waals surface area contributed by atoms with E-state index in [-0.39, 0.29) is 30.3 Å². The highest BCUT2D eigenvalue weighted by molar-refractivity contribution is 5.99. The lowest BCUT2D eigenvalue weighted by Gasteiger charge is -2.36. The second-order valence-corrected chi connectivity index (χ2v) is 7.49. The fourth-order valence-electron chi connectivity index (χ4n) is 3.86. The maximum Gasteiger partial charge on any atom is 0.254 e. The summed E-state index contributed by atoms with van der Waals surface area (Å²) in [5.74, 6) is 0.783. The molecule has 3 rings (SSSR count). The van der Waals surface area contributed by atoms with Crippen LogP contribution in [0.4, 0.5) is 0 Å². The van der Waals surface area contributed by atoms with E-state index in [0.717, 1.165) is 38.3 Å². The molecule has 0 saturated carbocycles. The van der Waals surface area contributed by atoms with Gasteiger partial charge in [0.15, 0.2) is 0 Å². The first-order valence-electron chi connectivity index (χ1n) is 10.4. The maximum absolute atomic E-state index is 13.3. The Morgan fingerprint density at radius 1 is 1.20 bits per heavy atom. The van der Waals surface area contributed by atoms with Gasteiger partial charge in [-0.15, -0.1) is 12.4 Å². The summed E-state index contributed by atoms with van der Waals surface area (Å²) in [5, 5.41) is 3.35. The SMILES string of the molecule is CCCN(CCC)C(=O)c1cccc(C(=O)N2CCNCC2c2nccn2C)c1.Cl. The molecule has 1 aromatic heterocycles. The van der Waals surface area contributed by atoms with Crippen molar-refractivity contribution in [3.63, 3.8) is 0 Å². The smallest absolute Gasteiger partial charge is 0.254 e. The quantitative estimate of drug-likeness (QED) is 0.728. The van der Waals surface area contributed by atoms with Crippen LogP contribution in [-0.2, 0) is 7.05 Å². The Bertz CT molecular complexity index is 848. The number of amides is 2. The van der Waals surface area contributed by atoms with Gasteiger partial charge in [-0.2, -0.15) is 0 Å². The van der Waals surface area contributed by atoms with Gasteiger partial charge in [0.05, 0.1) is 0 Å². The third-order valence-electron chi connectivity index (χ3n) is 5.29. The molecule has 0 aliphatic carbocycles. The number of piperazine rings is 1. The summed E-state index contributed by atoms with van der Waals surface area (Å²) in [6.07, 6.45) is 5.47. The van der Waals surface area contributed by atoms with E-state index in [0.29, 0.717) is 24.2 Å². The maximum atomic E-state index is 13.3. The third kappa shape index (κ3) is 5.21. The van der Waals surface area contributed by atoms with Crippen molar-refractivity contribution in [3.8, 4) is 0 Å². The number of nitrogens with zero attached hydrogens (tertiary/aromatic N) is 4. The van der Waals surface area contributed by atoms with Crippen molar-refractivity contribution in [3.05, 3.63) is 53.6 Å². The van der Waals surface area contributed by atoms with Gasteiger partial charge in [0, 0.05) is 63.3 Å². The van der Waals surface area contributed by atoms with Crippen molar-refractivity contribution < 1.29 is 9.59 Å². The Morgan fingerprint density at radius 2 is 1.90 bits per heavy atom. The van der Waals surface area contributed by atoms with Gasteiger partial charge in [0.2, 0.25) is 0 Å². The first kappa shape index (κ1) is 23.9. The van der Waals surface area contributed by atoms with Gasteiger partial charge in [-0.1, -0.05) is 19.9 Å². The van der Waals surface area contributed by atoms with Crippen LogP contribution in [-0.4, -0.2) is 63.9 Å². The first-order chi connectivity index (χ1) is 14.1. The molecule has 1 unspecified atom stereocenters. The molecular weight excluding hydrogens is 402 g/mol. The van der Waals surface area contributed by atoms with E-state index >= 15 is 0 Å². The van der Waals surface area contributed by atoms with Crippen LogP contribution in [0.25, 0.3) is 0 Å². The molecule has 7 nitrogen and oxygen atoms in total. The van der Waals surface area contributed by atoms with Crippen LogP contribution >= 0.6 is 12.4 Å². The molecule has 30 heavy (non-hydrogen) atoms. The summed E-state index contributed by atoms with van der Waals surface area (Å²) in [6.45, 7) is 7.60. The zero-order valence-corrected chi connectivity index (χ0v) is 18.8. The topological polar surface area (TPSA) is 70.5 Å². The largest absolute Gasteiger partial charge is 0.339 e. The van der Waals surface area contributed by atoms with Crippen LogP contribution in [0.2, 0.25) is 0 Å². The lowest BCUT2D eigenvalue weighted by atomic mass is 10.1. The van der Waals surface area contributed by atoms with Crippen molar-refractivity contribution in [2.24, 2.45) is 7.05 Å². The first-order valence-corrected chi connectivity index (χ1v) is 10.4. The average molecular weight is 434 g/mol. The third-order valence-corrected chi connectivity index (χ3v) is 5.29. The molecule has 2 amide bonds. The number of hydrogen-bond donors (Lipinski definition) is 1. The Balaban J connectivity index is 0.00000320. The van der Waals surface area contributed by atoms with Gasteiger partial charge in [-0.05, 0) is 31.0 Å². The molecular formula is C22H32ClN5O2. The second kappa shape index (κ2) is 11.1.